The number of fused-ring (bicyclic) bond motifs is 1. The average molecular weight is 490 g/mol. The summed E-state index contributed by atoms with van der Waals surface area (Å²) < 4.78 is 2.37. The van der Waals surface area contributed by atoms with Crippen LogP contribution in [0.3, 0.4) is 0 Å². The van der Waals surface area contributed by atoms with Gasteiger partial charge in [-0.2, -0.15) is 0 Å². The summed E-state index contributed by atoms with van der Waals surface area (Å²) in [6, 6.07) is 27.4. The average Bonchev–Trinajstić information content (AvgIpc) is 3.39. The fraction of sp³-hybridized carbons (Fsp3) is 0.167. The van der Waals surface area contributed by atoms with Crippen LogP contribution in [-0.4, -0.2) is 24.5 Å². The summed E-state index contributed by atoms with van der Waals surface area (Å²) in [5.41, 5.74) is 6.93. The Labute approximate surface area is 216 Å². The number of thiocarbonyl (C=S) groups is 1. The van der Waals surface area contributed by atoms with E-state index < -0.39 is 0 Å². The molecule has 36 heavy (non-hydrogen) atoms. The molecule has 0 aliphatic carbocycles. The Morgan fingerprint density at radius 2 is 1.75 bits per heavy atom. The zero-order chi connectivity index (χ0) is 24.6. The summed E-state index contributed by atoms with van der Waals surface area (Å²) in [5, 5.41) is 6.78. The van der Waals surface area contributed by atoms with Crippen molar-refractivity contribution in [3.05, 3.63) is 126 Å². The highest BCUT2D eigenvalue weighted by molar-refractivity contribution is 7.80. The van der Waals surface area contributed by atoms with Crippen molar-refractivity contribution in [2.24, 2.45) is 0 Å². The molecule has 1 N–H and O–H groups in total. The second-order valence-corrected chi connectivity index (χ2v) is 9.66. The fourth-order valence-electron chi connectivity index (χ4n) is 5.46. The topological polar surface area (TPSA) is 46.0 Å². The van der Waals surface area contributed by atoms with Crippen LogP contribution in [0.1, 0.15) is 40.3 Å². The SMILES string of the molecule is Cc1cc([C@H]2[C@@H](c3ccccn3)NC(=S)N2Cc2cccnc2)c(C)n1-c1cccc2ccccc12. The van der Waals surface area contributed by atoms with Gasteiger partial charge < -0.3 is 14.8 Å². The molecule has 2 aromatic carbocycles. The second-order valence-electron chi connectivity index (χ2n) is 9.28. The third kappa shape index (κ3) is 3.84. The van der Waals surface area contributed by atoms with Gasteiger partial charge in [-0.15, -0.1) is 0 Å². The molecule has 0 radical (unpaired) electrons. The van der Waals surface area contributed by atoms with Gasteiger partial charge in [0.2, 0.25) is 0 Å². The minimum absolute atomic E-state index is 0.0115. The van der Waals surface area contributed by atoms with Crippen molar-refractivity contribution in [1.29, 1.82) is 0 Å². The van der Waals surface area contributed by atoms with Gasteiger partial charge in [0.05, 0.1) is 23.5 Å². The molecule has 0 spiro atoms. The largest absolute Gasteiger partial charge is 0.352 e. The van der Waals surface area contributed by atoms with E-state index in [1.54, 1.807) is 6.20 Å². The third-order valence-corrected chi connectivity index (χ3v) is 7.42. The number of aryl methyl sites for hydroxylation is 1. The van der Waals surface area contributed by atoms with Crippen LogP contribution < -0.4 is 5.32 Å². The zero-order valence-corrected chi connectivity index (χ0v) is 21.1. The van der Waals surface area contributed by atoms with Crippen molar-refractivity contribution in [3.8, 4) is 5.69 Å². The van der Waals surface area contributed by atoms with Crippen LogP contribution >= 0.6 is 12.2 Å². The molecule has 1 aliphatic heterocycles. The number of pyridine rings is 2. The van der Waals surface area contributed by atoms with Crippen molar-refractivity contribution < 1.29 is 0 Å². The molecule has 4 heterocycles. The first-order valence-corrected chi connectivity index (χ1v) is 12.6. The van der Waals surface area contributed by atoms with Crippen LogP contribution in [-0.2, 0) is 6.54 Å². The summed E-state index contributed by atoms with van der Waals surface area (Å²) in [4.78, 5) is 11.3. The van der Waals surface area contributed by atoms with Gasteiger partial charge in [0.15, 0.2) is 5.11 Å². The number of aromatic nitrogens is 3. The standard InChI is InChI=1S/C30H27N5S/c1-20-17-25(21(2)35(20)27-14-7-11-23-10-3-4-12-24(23)27)29-28(26-13-5-6-16-32-26)33-30(36)34(29)19-22-9-8-15-31-18-22/h3-18,28-29H,19H2,1-2H3,(H,33,36)/t28-,29+/m1/s1. The van der Waals surface area contributed by atoms with Crippen LogP contribution in [0.2, 0.25) is 0 Å². The van der Waals surface area contributed by atoms with Crippen LogP contribution in [0.4, 0.5) is 0 Å². The first kappa shape index (κ1) is 22.4. The molecule has 5 nitrogen and oxygen atoms in total. The Kier molecular flexibility index (Phi) is 5.74. The summed E-state index contributed by atoms with van der Waals surface area (Å²) in [7, 11) is 0. The highest BCUT2D eigenvalue weighted by Gasteiger charge is 2.41. The van der Waals surface area contributed by atoms with Crippen LogP contribution in [0.5, 0.6) is 0 Å². The number of hydrogen-bond acceptors (Lipinski definition) is 3. The quantitative estimate of drug-likeness (QED) is 0.297. The maximum absolute atomic E-state index is 5.89. The van der Waals surface area contributed by atoms with E-state index in [1.165, 1.54) is 33.4 Å². The minimum Gasteiger partial charge on any atom is -0.352 e. The predicted octanol–water partition coefficient (Wildman–Crippen LogP) is 6.21. The number of rotatable bonds is 5. The fourth-order valence-corrected chi connectivity index (χ4v) is 5.77. The first-order chi connectivity index (χ1) is 17.6. The van der Waals surface area contributed by atoms with E-state index in [0.29, 0.717) is 6.54 Å². The van der Waals surface area contributed by atoms with Gasteiger partial charge in [-0.1, -0.05) is 48.5 Å². The van der Waals surface area contributed by atoms with Crippen molar-refractivity contribution in [3.63, 3.8) is 0 Å². The van der Waals surface area contributed by atoms with Crippen molar-refractivity contribution in [2.45, 2.75) is 32.5 Å². The Bertz CT molecular complexity index is 1540. The molecule has 1 saturated heterocycles. The van der Waals surface area contributed by atoms with Crippen molar-refractivity contribution in [1.82, 2.24) is 24.8 Å². The maximum Gasteiger partial charge on any atom is 0.170 e. The Balaban J connectivity index is 1.50. The lowest BCUT2D eigenvalue weighted by molar-refractivity contribution is 0.310. The number of nitrogens with one attached hydrogen (secondary N) is 1. The van der Waals surface area contributed by atoms with E-state index in [-0.39, 0.29) is 12.1 Å². The maximum atomic E-state index is 5.89. The summed E-state index contributed by atoms with van der Waals surface area (Å²) in [6.45, 7) is 5.06. The molecule has 3 aromatic heterocycles. The lowest BCUT2D eigenvalue weighted by atomic mass is 9.96. The van der Waals surface area contributed by atoms with Gasteiger partial charge in [0, 0.05) is 41.9 Å². The van der Waals surface area contributed by atoms with E-state index in [2.05, 4.69) is 94.3 Å². The number of hydrogen-bond donors (Lipinski definition) is 1. The molecule has 1 aliphatic rings. The molecule has 5 aromatic rings. The highest BCUT2D eigenvalue weighted by Crippen LogP contribution is 2.42. The molecule has 178 valence electrons. The molecule has 0 unspecified atom stereocenters. The zero-order valence-electron chi connectivity index (χ0n) is 20.3. The van der Waals surface area contributed by atoms with E-state index >= 15 is 0 Å². The van der Waals surface area contributed by atoms with Gasteiger partial charge in [0.25, 0.3) is 0 Å². The van der Waals surface area contributed by atoms with Gasteiger partial charge in [-0.25, -0.2) is 0 Å². The van der Waals surface area contributed by atoms with E-state index in [4.69, 9.17) is 17.2 Å². The second kappa shape index (κ2) is 9.21. The molecule has 2 atom stereocenters. The van der Waals surface area contributed by atoms with Crippen LogP contribution in [0, 0.1) is 13.8 Å². The molecule has 6 rings (SSSR count). The predicted molar refractivity (Wildman–Crippen MR) is 148 cm³/mol. The Morgan fingerprint density at radius 3 is 2.56 bits per heavy atom. The minimum atomic E-state index is -0.0585. The summed E-state index contributed by atoms with van der Waals surface area (Å²) in [5.74, 6) is 0. The van der Waals surface area contributed by atoms with E-state index in [9.17, 15) is 0 Å². The van der Waals surface area contributed by atoms with E-state index in [1.807, 2.05) is 30.6 Å². The smallest absolute Gasteiger partial charge is 0.170 e. The molecule has 0 bridgehead atoms. The number of benzene rings is 2. The van der Waals surface area contributed by atoms with Crippen LogP contribution in [0.15, 0.2) is 97.5 Å². The first-order valence-electron chi connectivity index (χ1n) is 12.2. The van der Waals surface area contributed by atoms with Crippen molar-refractivity contribution >= 4 is 28.1 Å². The van der Waals surface area contributed by atoms with Gasteiger partial charge in [-0.3, -0.25) is 9.97 Å². The molecule has 6 heteroatoms. The normalized spacial score (nSPS) is 17.5. The number of nitrogens with zero attached hydrogens (tertiary/aromatic N) is 4. The van der Waals surface area contributed by atoms with Gasteiger partial charge in [-0.05, 0) is 72.9 Å². The van der Waals surface area contributed by atoms with Crippen LogP contribution in [0.25, 0.3) is 16.5 Å². The lowest BCUT2D eigenvalue weighted by Crippen LogP contribution is -2.29. The molecule has 0 saturated carbocycles. The Morgan fingerprint density at radius 1 is 0.917 bits per heavy atom. The van der Waals surface area contributed by atoms with Crippen molar-refractivity contribution in [2.75, 3.05) is 0 Å². The van der Waals surface area contributed by atoms with Gasteiger partial charge >= 0.3 is 0 Å². The monoisotopic (exact) mass is 489 g/mol. The summed E-state index contributed by atoms with van der Waals surface area (Å²) >= 11 is 5.89. The third-order valence-electron chi connectivity index (χ3n) is 7.07. The molecule has 1 fully saturated rings. The Hall–Kier alpha value is -4.03. The molecular weight excluding hydrogens is 462 g/mol. The molecule has 0 amide bonds. The van der Waals surface area contributed by atoms with Gasteiger partial charge in [0.1, 0.15) is 0 Å². The highest BCUT2D eigenvalue weighted by atomic mass is 32.1. The lowest BCUT2D eigenvalue weighted by Gasteiger charge is -2.28. The van der Waals surface area contributed by atoms with E-state index in [0.717, 1.165) is 16.4 Å². The summed E-state index contributed by atoms with van der Waals surface area (Å²) in [6.07, 6.45) is 5.56. The molecular formula is C30H27N5S.